The fraction of sp³-hybridized carbons (Fsp3) is 0.105. The zero-order valence-corrected chi connectivity index (χ0v) is 14.0. The lowest BCUT2D eigenvalue weighted by Crippen LogP contribution is -2.22. The molecule has 0 saturated heterocycles. The average molecular weight is 354 g/mol. The van der Waals surface area contributed by atoms with Crippen LogP contribution in [0, 0.1) is 18.6 Å². The normalized spacial score (nSPS) is 10.4. The summed E-state index contributed by atoms with van der Waals surface area (Å²) in [6.07, 6.45) is 1.68. The van der Waals surface area contributed by atoms with Crippen LogP contribution in [0.4, 0.5) is 20.2 Å². The monoisotopic (exact) mass is 354 g/mol. The molecule has 3 aromatic rings. The highest BCUT2D eigenvalue weighted by Crippen LogP contribution is 2.20. The molecule has 26 heavy (non-hydrogen) atoms. The van der Waals surface area contributed by atoms with Gasteiger partial charge in [-0.05, 0) is 37.3 Å². The number of rotatable bonds is 5. The minimum atomic E-state index is -0.694. The van der Waals surface area contributed by atoms with Crippen LogP contribution in [0.25, 0.3) is 11.3 Å². The van der Waals surface area contributed by atoms with Crippen LogP contribution in [0.3, 0.4) is 0 Å². The zero-order valence-electron chi connectivity index (χ0n) is 14.0. The molecule has 2 aromatic carbocycles. The molecule has 3 rings (SSSR count). The van der Waals surface area contributed by atoms with Gasteiger partial charge in [-0.15, -0.1) is 0 Å². The first-order valence-electron chi connectivity index (χ1n) is 7.90. The first-order chi connectivity index (χ1) is 12.5. The van der Waals surface area contributed by atoms with Gasteiger partial charge in [-0.1, -0.05) is 12.1 Å². The van der Waals surface area contributed by atoms with Crippen molar-refractivity contribution in [3.63, 3.8) is 0 Å². The fourth-order valence-corrected chi connectivity index (χ4v) is 2.38. The molecule has 2 N–H and O–H groups in total. The van der Waals surface area contributed by atoms with E-state index in [-0.39, 0.29) is 12.2 Å². The third-order valence-corrected chi connectivity index (χ3v) is 3.59. The lowest BCUT2D eigenvalue weighted by Gasteiger charge is -2.10. The van der Waals surface area contributed by atoms with Crippen LogP contribution in [0.15, 0.2) is 54.7 Å². The van der Waals surface area contributed by atoms with Crippen molar-refractivity contribution in [2.24, 2.45) is 0 Å². The maximum absolute atomic E-state index is 13.6. The molecule has 0 fully saturated rings. The van der Waals surface area contributed by atoms with E-state index in [0.29, 0.717) is 11.5 Å². The second-order valence-electron chi connectivity index (χ2n) is 5.60. The number of benzene rings is 2. The number of hydrogen-bond donors (Lipinski definition) is 2. The van der Waals surface area contributed by atoms with Crippen molar-refractivity contribution in [2.75, 3.05) is 17.2 Å². The molecule has 0 bridgehead atoms. The molecule has 0 aliphatic heterocycles. The molecule has 132 valence electrons. The van der Waals surface area contributed by atoms with E-state index in [9.17, 15) is 13.6 Å². The van der Waals surface area contributed by atoms with E-state index in [0.717, 1.165) is 29.5 Å². The average Bonchev–Trinajstić information content (AvgIpc) is 2.63. The smallest absolute Gasteiger partial charge is 0.243 e. The molecule has 0 saturated carbocycles. The summed E-state index contributed by atoms with van der Waals surface area (Å²) in [4.78, 5) is 20.4. The van der Waals surface area contributed by atoms with Crippen LogP contribution in [0.2, 0.25) is 0 Å². The Kier molecular flexibility index (Phi) is 5.17. The van der Waals surface area contributed by atoms with Gasteiger partial charge in [0.05, 0.1) is 17.9 Å². The predicted octanol–water partition coefficient (Wildman–Crippen LogP) is 3.78. The quantitative estimate of drug-likeness (QED) is 0.732. The second-order valence-corrected chi connectivity index (χ2v) is 5.60. The van der Waals surface area contributed by atoms with Gasteiger partial charge in [0.1, 0.15) is 17.5 Å². The number of amides is 1. The molecular formula is C19H16F2N4O. The number of nitrogens with zero attached hydrogens (tertiary/aromatic N) is 2. The Morgan fingerprint density at radius 2 is 1.96 bits per heavy atom. The van der Waals surface area contributed by atoms with E-state index in [4.69, 9.17) is 0 Å². The Hall–Kier alpha value is -3.35. The lowest BCUT2D eigenvalue weighted by atomic mass is 10.1. The van der Waals surface area contributed by atoms with E-state index in [1.807, 2.05) is 25.1 Å². The van der Waals surface area contributed by atoms with Crippen molar-refractivity contribution >= 4 is 17.3 Å². The van der Waals surface area contributed by atoms with Crippen molar-refractivity contribution in [2.45, 2.75) is 6.92 Å². The number of hydrogen-bond acceptors (Lipinski definition) is 4. The van der Waals surface area contributed by atoms with Crippen molar-refractivity contribution in [3.05, 3.63) is 72.2 Å². The Labute approximate surface area is 149 Å². The molecule has 5 nitrogen and oxygen atoms in total. The fourth-order valence-electron chi connectivity index (χ4n) is 2.38. The topological polar surface area (TPSA) is 66.9 Å². The Balaban J connectivity index is 1.65. The van der Waals surface area contributed by atoms with Crippen molar-refractivity contribution in [1.29, 1.82) is 0 Å². The van der Waals surface area contributed by atoms with Gasteiger partial charge in [0.25, 0.3) is 0 Å². The van der Waals surface area contributed by atoms with Crippen LogP contribution in [-0.4, -0.2) is 22.4 Å². The molecule has 0 unspecified atom stereocenters. The first-order valence-corrected chi connectivity index (χ1v) is 7.90. The zero-order chi connectivity index (χ0) is 18.5. The van der Waals surface area contributed by atoms with E-state index in [2.05, 4.69) is 20.6 Å². The molecule has 0 aliphatic rings. The molecule has 1 amide bonds. The number of carbonyl (C=O) groups excluding carboxylic acids is 1. The first kappa shape index (κ1) is 17.5. The summed E-state index contributed by atoms with van der Waals surface area (Å²) < 4.78 is 26.7. The van der Waals surface area contributed by atoms with Gasteiger partial charge in [0.2, 0.25) is 5.91 Å². The minimum Gasteiger partial charge on any atom is -0.376 e. The Morgan fingerprint density at radius 1 is 1.12 bits per heavy atom. The van der Waals surface area contributed by atoms with Gasteiger partial charge in [0.15, 0.2) is 0 Å². The SMILES string of the molecule is Cc1nccc(-c2cccc(NCC(=O)Nc3cc(F)ccc3F)c2)n1. The van der Waals surface area contributed by atoms with Crippen molar-refractivity contribution in [1.82, 2.24) is 9.97 Å². The van der Waals surface area contributed by atoms with Crippen LogP contribution in [-0.2, 0) is 4.79 Å². The summed E-state index contributed by atoms with van der Waals surface area (Å²) in [6, 6.07) is 12.1. The molecule has 1 aromatic heterocycles. The molecule has 0 radical (unpaired) electrons. The largest absolute Gasteiger partial charge is 0.376 e. The van der Waals surface area contributed by atoms with Crippen molar-refractivity contribution < 1.29 is 13.6 Å². The number of anilines is 2. The third kappa shape index (κ3) is 4.38. The van der Waals surface area contributed by atoms with Crippen LogP contribution in [0.1, 0.15) is 5.82 Å². The van der Waals surface area contributed by atoms with E-state index < -0.39 is 17.5 Å². The number of aryl methyl sites for hydroxylation is 1. The molecule has 1 heterocycles. The number of nitrogens with one attached hydrogen (secondary N) is 2. The van der Waals surface area contributed by atoms with Gasteiger partial charge in [0, 0.05) is 23.5 Å². The highest BCUT2D eigenvalue weighted by atomic mass is 19.1. The highest BCUT2D eigenvalue weighted by molar-refractivity contribution is 5.93. The van der Waals surface area contributed by atoms with Crippen LogP contribution in [0.5, 0.6) is 0 Å². The van der Waals surface area contributed by atoms with Gasteiger partial charge in [-0.2, -0.15) is 0 Å². The second kappa shape index (κ2) is 7.69. The molecule has 7 heteroatoms. The molecule has 0 aliphatic carbocycles. The van der Waals surface area contributed by atoms with E-state index >= 15 is 0 Å². The summed E-state index contributed by atoms with van der Waals surface area (Å²) in [5.74, 6) is -1.14. The molecular weight excluding hydrogens is 338 g/mol. The molecule has 0 spiro atoms. The summed E-state index contributed by atoms with van der Waals surface area (Å²) in [5.41, 5.74) is 2.15. The third-order valence-electron chi connectivity index (χ3n) is 3.59. The number of halogens is 2. The van der Waals surface area contributed by atoms with Gasteiger partial charge < -0.3 is 10.6 Å². The van der Waals surface area contributed by atoms with Crippen molar-refractivity contribution in [3.8, 4) is 11.3 Å². The number of carbonyl (C=O) groups is 1. The van der Waals surface area contributed by atoms with Gasteiger partial charge in [-0.25, -0.2) is 18.7 Å². The summed E-state index contributed by atoms with van der Waals surface area (Å²) >= 11 is 0. The summed E-state index contributed by atoms with van der Waals surface area (Å²) in [7, 11) is 0. The van der Waals surface area contributed by atoms with Gasteiger partial charge in [-0.3, -0.25) is 4.79 Å². The van der Waals surface area contributed by atoms with Gasteiger partial charge >= 0.3 is 0 Å². The van der Waals surface area contributed by atoms with E-state index in [1.165, 1.54) is 0 Å². The maximum Gasteiger partial charge on any atom is 0.243 e. The summed E-state index contributed by atoms with van der Waals surface area (Å²) in [5, 5.41) is 5.29. The lowest BCUT2D eigenvalue weighted by molar-refractivity contribution is -0.114. The maximum atomic E-state index is 13.6. The standard InChI is InChI=1S/C19H16F2N4O/c1-12-22-8-7-17(24-12)13-3-2-4-15(9-13)23-11-19(26)25-18-10-14(20)5-6-16(18)21/h2-10,23H,11H2,1H3,(H,25,26). The van der Waals surface area contributed by atoms with Crippen LogP contribution < -0.4 is 10.6 Å². The Morgan fingerprint density at radius 3 is 2.77 bits per heavy atom. The van der Waals surface area contributed by atoms with E-state index in [1.54, 1.807) is 18.3 Å². The Bertz CT molecular complexity index is 946. The highest BCUT2D eigenvalue weighted by Gasteiger charge is 2.08. The summed E-state index contributed by atoms with van der Waals surface area (Å²) in [6.45, 7) is 1.71. The van der Waals surface area contributed by atoms with Crippen LogP contribution >= 0.6 is 0 Å². The predicted molar refractivity (Wildman–Crippen MR) is 95.7 cm³/mol. The number of aromatic nitrogens is 2. The minimum absolute atomic E-state index is 0.0950. The molecule has 0 atom stereocenters.